The quantitative estimate of drug-likeness (QED) is 0.704. The summed E-state index contributed by atoms with van der Waals surface area (Å²) in [5.74, 6) is 0.883. The fraction of sp³-hybridized carbons (Fsp3) is 0.333. The van der Waals surface area contributed by atoms with Crippen molar-refractivity contribution in [3.05, 3.63) is 60.2 Å². The molecular formula is C18H22ClNO. The van der Waals surface area contributed by atoms with Gasteiger partial charge in [-0.25, -0.2) is 0 Å². The van der Waals surface area contributed by atoms with Crippen LogP contribution in [-0.4, -0.2) is 19.7 Å². The first-order chi connectivity index (χ1) is 10.1. The Morgan fingerprint density at radius 1 is 1.00 bits per heavy atom. The molecular weight excluding hydrogens is 282 g/mol. The Balaban J connectivity index is 1.98. The number of hydrogen-bond donors (Lipinski definition) is 0. The lowest BCUT2D eigenvalue weighted by Gasteiger charge is -2.22. The van der Waals surface area contributed by atoms with Crippen LogP contribution < -0.4 is 9.64 Å². The Hall–Kier alpha value is -1.67. The highest BCUT2D eigenvalue weighted by Crippen LogP contribution is 2.25. The molecule has 2 aromatic rings. The monoisotopic (exact) mass is 303 g/mol. The van der Waals surface area contributed by atoms with Crippen LogP contribution in [0.25, 0.3) is 0 Å². The van der Waals surface area contributed by atoms with E-state index in [1.54, 1.807) is 0 Å². The molecule has 0 N–H and O–H groups in total. The number of hydrogen-bond acceptors (Lipinski definition) is 2. The van der Waals surface area contributed by atoms with Gasteiger partial charge in [0, 0.05) is 19.3 Å². The largest absolute Gasteiger partial charge is 0.491 e. The minimum atomic E-state index is -0.0525. The Bertz CT molecular complexity index is 539. The van der Waals surface area contributed by atoms with Crippen molar-refractivity contribution in [1.29, 1.82) is 0 Å². The molecule has 2 rings (SSSR count). The molecule has 2 nitrogen and oxygen atoms in total. The Morgan fingerprint density at radius 3 is 2.19 bits per heavy atom. The lowest BCUT2D eigenvalue weighted by molar-refractivity contribution is 0.242. The van der Waals surface area contributed by atoms with Crippen LogP contribution in [0, 0.1) is 0 Å². The van der Waals surface area contributed by atoms with E-state index in [4.69, 9.17) is 16.3 Å². The molecule has 0 saturated carbocycles. The number of ether oxygens (including phenoxy) is 1. The van der Waals surface area contributed by atoms with Gasteiger partial charge in [0.25, 0.3) is 0 Å². The third-order valence-electron chi connectivity index (χ3n) is 3.24. The van der Waals surface area contributed by atoms with Gasteiger partial charge >= 0.3 is 0 Å². The first-order valence-electron chi connectivity index (χ1n) is 7.23. The van der Waals surface area contributed by atoms with E-state index in [0.717, 1.165) is 17.9 Å². The summed E-state index contributed by atoms with van der Waals surface area (Å²) < 4.78 is 5.65. The summed E-state index contributed by atoms with van der Waals surface area (Å²) in [4.78, 5) is 2.16. The molecule has 0 bridgehead atoms. The summed E-state index contributed by atoms with van der Waals surface area (Å²) in [5, 5.41) is -0.0525. The molecule has 0 aliphatic heterocycles. The molecule has 0 heterocycles. The number of halogens is 1. The fourth-order valence-corrected chi connectivity index (χ4v) is 2.51. The van der Waals surface area contributed by atoms with Gasteiger partial charge in [-0.1, -0.05) is 30.3 Å². The van der Waals surface area contributed by atoms with E-state index in [-0.39, 0.29) is 11.5 Å². The van der Waals surface area contributed by atoms with Gasteiger partial charge in [-0.05, 0) is 43.7 Å². The lowest BCUT2D eigenvalue weighted by Crippen LogP contribution is -2.21. The zero-order valence-electron chi connectivity index (χ0n) is 12.8. The van der Waals surface area contributed by atoms with Crippen molar-refractivity contribution in [3.8, 4) is 5.75 Å². The van der Waals surface area contributed by atoms with Gasteiger partial charge in [0.1, 0.15) is 5.75 Å². The molecule has 0 spiro atoms. The van der Waals surface area contributed by atoms with E-state index < -0.39 is 0 Å². The van der Waals surface area contributed by atoms with E-state index in [0.29, 0.717) is 0 Å². The van der Waals surface area contributed by atoms with Gasteiger partial charge in [-0.3, -0.25) is 0 Å². The van der Waals surface area contributed by atoms with Crippen molar-refractivity contribution in [2.75, 3.05) is 18.5 Å². The van der Waals surface area contributed by atoms with Crippen LogP contribution in [-0.2, 0) is 0 Å². The first-order valence-corrected chi connectivity index (χ1v) is 7.67. The van der Waals surface area contributed by atoms with Crippen molar-refractivity contribution >= 4 is 17.3 Å². The second kappa shape index (κ2) is 7.37. The van der Waals surface area contributed by atoms with Crippen LogP contribution in [0.15, 0.2) is 54.6 Å². The maximum atomic E-state index is 6.53. The summed E-state index contributed by atoms with van der Waals surface area (Å²) in [6, 6.07) is 18.3. The van der Waals surface area contributed by atoms with Gasteiger partial charge in [0.2, 0.25) is 0 Å². The number of benzene rings is 2. The van der Waals surface area contributed by atoms with Crippen LogP contribution in [0.2, 0.25) is 0 Å². The van der Waals surface area contributed by atoms with Crippen LogP contribution in [0.4, 0.5) is 5.69 Å². The average Bonchev–Trinajstić information content (AvgIpc) is 2.48. The second-order valence-electron chi connectivity index (χ2n) is 5.42. The number of para-hydroxylation sites is 1. The SMILES string of the molecule is CC(C)Oc1ccc(C(Cl)CN(C)c2ccccc2)cc1. The third-order valence-corrected chi connectivity index (χ3v) is 3.63. The molecule has 3 heteroatoms. The zero-order valence-corrected chi connectivity index (χ0v) is 13.5. The molecule has 21 heavy (non-hydrogen) atoms. The van der Waals surface area contributed by atoms with Crippen molar-refractivity contribution in [2.24, 2.45) is 0 Å². The Labute approximate surface area is 132 Å². The highest BCUT2D eigenvalue weighted by molar-refractivity contribution is 6.21. The summed E-state index contributed by atoms with van der Waals surface area (Å²) in [6.45, 7) is 4.80. The van der Waals surface area contributed by atoms with Crippen LogP contribution in [0.5, 0.6) is 5.75 Å². The molecule has 112 valence electrons. The van der Waals surface area contributed by atoms with Gasteiger partial charge < -0.3 is 9.64 Å². The Morgan fingerprint density at radius 2 is 1.62 bits per heavy atom. The standard InChI is InChI=1S/C18H22ClNO/c1-14(2)21-17-11-9-15(10-12-17)18(19)13-20(3)16-7-5-4-6-8-16/h4-12,14,18H,13H2,1-3H3. The predicted molar refractivity (Wildman–Crippen MR) is 90.5 cm³/mol. The minimum absolute atomic E-state index is 0.0525. The van der Waals surface area contributed by atoms with Gasteiger partial charge in [-0.15, -0.1) is 11.6 Å². The normalized spacial score (nSPS) is 12.2. The Kier molecular flexibility index (Phi) is 5.51. The molecule has 0 amide bonds. The second-order valence-corrected chi connectivity index (χ2v) is 5.95. The summed E-state index contributed by atoms with van der Waals surface area (Å²) in [7, 11) is 2.06. The van der Waals surface area contributed by atoms with E-state index >= 15 is 0 Å². The number of rotatable bonds is 6. The minimum Gasteiger partial charge on any atom is -0.491 e. The highest BCUT2D eigenvalue weighted by atomic mass is 35.5. The van der Waals surface area contributed by atoms with Gasteiger partial charge in [0.15, 0.2) is 0 Å². The van der Waals surface area contributed by atoms with E-state index in [1.807, 2.05) is 56.3 Å². The molecule has 1 atom stereocenters. The number of likely N-dealkylation sites (N-methyl/N-ethyl adjacent to an activating group) is 1. The molecule has 0 aliphatic rings. The topological polar surface area (TPSA) is 12.5 Å². The van der Waals surface area contributed by atoms with E-state index in [1.165, 1.54) is 5.69 Å². The summed E-state index contributed by atoms with van der Waals surface area (Å²) in [5.41, 5.74) is 2.28. The van der Waals surface area contributed by atoms with Crippen molar-refractivity contribution in [2.45, 2.75) is 25.3 Å². The number of alkyl halides is 1. The fourth-order valence-electron chi connectivity index (χ4n) is 2.16. The molecule has 0 fully saturated rings. The molecule has 2 aromatic carbocycles. The van der Waals surface area contributed by atoms with Crippen LogP contribution in [0.1, 0.15) is 24.8 Å². The smallest absolute Gasteiger partial charge is 0.119 e. The van der Waals surface area contributed by atoms with Crippen molar-refractivity contribution in [1.82, 2.24) is 0 Å². The molecule has 0 saturated heterocycles. The average molecular weight is 304 g/mol. The molecule has 0 aromatic heterocycles. The zero-order chi connectivity index (χ0) is 15.2. The van der Waals surface area contributed by atoms with E-state index in [9.17, 15) is 0 Å². The lowest BCUT2D eigenvalue weighted by atomic mass is 10.1. The maximum Gasteiger partial charge on any atom is 0.119 e. The third kappa shape index (κ3) is 4.68. The summed E-state index contributed by atoms with van der Waals surface area (Å²) in [6.07, 6.45) is 0.187. The van der Waals surface area contributed by atoms with Crippen molar-refractivity contribution in [3.63, 3.8) is 0 Å². The maximum absolute atomic E-state index is 6.53. The number of anilines is 1. The van der Waals surface area contributed by atoms with Gasteiger partial charge in [-0.2, -0.15) is 0 Å². The summed E-state index contributed by atoms with van der Waals surface area (Å²) >= 11 is 6.53. The molecule has 1 unspecified atom stereocenters. The van der Waals surface area contributed by atoms with E-state index in [2.05, 4.69) is 24.1 Å². The van der Waals surface area contributed by atoms with Crippen LogP contribution >= 0.6 is 11.6 Å². The highest BCUT2D eigenvalue weighted by Gasteiger charge is 2.11. The number of nitrogens with zero attached hydrogens (tertiary/aromatic N) is 1. The predicted octanol–water partition coefficient (Wildman–Crippen LogP) is 4.89. The van der Waals surface area contributed by atoms with Crippen LogP contribution in [0.3, 0.4) is 0 Å². The van der Waals surface area contributed by atoms with Crippen molar-refractivity contribution < 1.29 is 4.74 Å². The molecule has 0 aliphatic carbocycles. The van der Waals surface area contributed by atoms with Gasteiger partial charge in [0.05, 0.1) is 11.5 Å². The molecule has 0 radical (unpaired) electrons. The first kappa shape index (κ1) is 15.7.